The highest BCUT2D eigenvalue weighted by molar-refractivity contribution is 5.67. The topological polar surface area (TPSA) is 93.7 Å². The van der Waals surface area contributed by atoms with Crippen molar-refractivity contribution in [3.63, 3.8) is 0 Å². The Morgan fingerprint density at radius 2 is 0.970 bits per heavy atom. The fraction of sp³-hybridized carbons (Fsp3) is 0.958. The Labute approximate surface area is 201 Å². The average Bonchev–Trinajstić information content (AvgIpc) is 2.75. The minimum atomic E-state index is -0.496. The highest BCUT2D eigenvalue weighted by Crippen LogP contribution is 2.06. The third kappa shape index (κ3) is 29.0. The maximum absolute atomic E-state index is 11.4. The molecule has 0 radical (unpaired) electrons. The van der Waals surface area contributed by atoms with Gasteiger partial charge in [0.05, 0.1) is 72.7 Å². The first-order chi connectivity index (χ1) is 16.0. The minimum absolute atomic E-state index is 0.399. The van der Waals surface area contributed by atoms with Gasteiger partial charge in [0.1, 0.15) is 5.60 Å². The van der Waals surface area contributed by atoms with Crippen molar-refractivity contribution in [3.8, 4) is 0 Å². The van der Waals surface area contributed by atoms with Crippen LogP contribution in [0.1, 0.15) is 59.8 Å². The monoisotopic (exact) mass is 479 g/mol. The van der Waals surface area contributed by atoms with Gasteiger partial charge in [-0.3, -0.25) is 0 Å². The van der Waals surface area contributed by atoms with Gasteiger partial charge in [-0.1, -0.05) is 32.6 Å². The zero-order valence-electron chi connectivity index (χ0n) is 21.5. The number of nitrogens with one attached hydrogen (secondary N) is 1. The number of hydrogen-bond acceptors (Lipinski definition) is 8. The van der Waals surface area contributed by atoms with E-state index < -0.39 is 11.7 Å². The third-order valence-corrected chi connectivity index (χ3v) is 4.17. The smallest absolute Gasteiger partial charge is 0.407 e. The Balaban J connectivity index is 3.10. The summed E-state index contributed by atoms with van der Waals surface area (Å²) in [5.74, 6) is 0. The van der Waals surface area contributed by atoms with Crippen LogP contribution in [-0.4, -0.2) is 97.5 Å². The summed E-state index contributed by atoms with van der Waals surface area (Å²) in [7, 11) is 0. The molecule has 9 nitrogen and oxygen atoms in total. The molecular weight excluding hydrogens is 430 g/mol. The van der Waals surface area contributed by atoms with E-state index in [4.69, 9.17) is 33.2 Å². The fourth-order valence-corrected chi connectivity index (χ4v) is 2.55. The lowest BCUT2D eigenvalue weighted by molar-refractivity contribution is -0.0167. The van der Waals surface area contributed by atoms with Crippen LogP contribution in [0.4, 0.5) is 4.79 Å². The van der Waals surface area contributed by atoms with Gasteiger partial charge in [-0.05, 0) is 27.2 Å². The Morgan fingerprint density at radius 1 is 0.576 bits per heavy atom. The maximum Gasteiger partial charge on any atom is 0.407 e. The van der Waals surface area contributed by atoms with Crippen molar-refractivity contribution in [1.29, 1.82) is 0 Å². The van der Waals surface area contributed by atoms with Crippen molar-refractivity contribution in [3.05, 3.63) is 0 Å². The minimum Gasteiger partial charge on any atom is -0.444 e. The molecule has 0 bridgehead atoms. The third-order valence-electron chi connectivity index (χ3n) is 4.17. The molecule has 0 spiro atoms. The summed E-state index contributed by atoms with van der Waals surface area (Å²) in [6, 6.07) is 0. The van der Waals surface area contributed by atoms with E-state index in [2.05, 4.69) is 12.2 Å². The van der Waals surface area contributed by atoms with Crippen LogP contribution in [0, 0.1) is 0 Å². The van der Waals surface area contributed by atoms with Crippen LogP contribution in [0.25, 0.3) is 0 Å². The van der Waals surface area contributed by atoms with Gasteiger partial charge in [0.15, 0.2) is 0 Å². The predicted molar refractivity (Wildman–Crippen MR) is 128 cm³/mol. The summed E-state index contributed by atoms with van der Waals surface area (Å²) in [6.07, 6.45) is 5.84. The van der Waals surface area contributed by atoms with E-state index in [9.17, 15) is 4.79 Å². The first-order valence-corrected chi connectivity index (χ1v) is 12.4. The molecule has 0 saturated heterocycles. The number of carbonyl (C=O) groups excluding carboxylic acids is 1. The zero-order chi connectivity index (χ0) is 24.5. The molecule has 0 saturated carbocycles. The molecule has 0 rings (SSSR count). The van der Waals surface area contributed by atoms with Gasteiger partial charge in [-0.15, -0.1) is 0 Å². The maximum atomic E-state index is 11.4. The van der Waals surface area contributed by atoms with Gasteiger partial charge in [0.2, 0.25) is 0 Å². The van der Waals surface area contributed by atoms with Crippen LogP contribution in [0.15, 0.2) is 0 Å². The lowest BCUT2D eigenvalue weighted by Crippen LogP contribution is -2.34. The quantitative estimate of drug-likeness (QED) is 0.210. The molecule has 1 N–H and O–H groups in total. The van der Waals surface area contributed by atoms with Crippen molar-refractivity contribution in [1.82, 2.24) is 5.32 Å². The molecule has 0 aliphatic heterocycles. The lowest BCUT2D eigenvalue weighted by atomic mass is 10.2. The number of carbonyl (C=O) groups is 1. The second-order valence-corrected chi connectivity index (χ2v) is 8.52. The number of unbranched alkanes of at least 4 members (excludes halogenated alkanes) is 4. The number of rotatable bonds is 24. The Hall–Kier alpha value is -0.970. The molecule has 0 atom stereocenters. The summed E-state index contributed by atoms with van der Waals surface area (Å²) in [6.45, 7) is 14.7. The number of ether oxygens (including phenoxy) is 7. The van der Waals surface area contributed by atoms with Gasteiger partial charge < -0.3 is 38.5 Å². The average molecular weight is 480 g/mol. The van der Waals surface area contributed by atoms with Gasteiger partial charge >= 0.3 is 6.09 Å². The molecular formula is C24H49NO8. The first-order valence-electron chi connectivity index (χ1n) is 12.4. The van der Waals surface area contributed by atoms with Crippen molar-refractivity contribution < 1.29 is 38.0 Å². The van der Waals surface area contributed by atoms with E-state index in [1.54, 1.807) is 0 Å². The van der Waals surface area contributed by atoms with Gasteiger partial charge in [0, 0.05) is 13.2 Å². The molecule has 0 aromatic heterocycles. The Morgan fingerprint density at radius 3 is 1.39 bits per heavy atom. The van der Waals surface area contributed by atoms with Crippen molar-refractivity contribution in [2.24, 2.45) is 0 Å². The standard InChI is InChI=1S/C24H49NO8/c1-5-6-7-8-9-11-27-13-15-29-17-19-31-21-22-32-20-18-30-16-14-28-12-10-25-23(26)33-24(2,3)4/h5-22H2,1-4H3,(H,25,26). The largest absolute Gasteiger partial charge is 0.444 e. The summed E-state index contributed by atoms with van der Waals surface area (Å²) >= 11 is 0. The molecule has 0 aliphatic rings. The van der Waals surface area contributed by atoms with Crippen LogP contribution >= 0.6 is 0 Å². The molecule has 33 heavy (non-hydrogen) atoms. The van der Waals surface area contributed by atoms with Crippen LogP contribution in [0.3, 0.4) is 0 Å². The summed E-state index contributed by atoms with van der Waals surface area (Å²) in [4.78, 5) is 11.4. The second kappa shape index (κ2) is 24.2. The Kier molecular flexibility index (Phi) is 23.5. The van der Waals surface area contributed by atoms with Crippen molar-refractivity contribution in [2.75, 3.05) is 85.8 Å². The molecule has 0 fully saturated rings. The van der Waals surface area contributed by atoms with Crippen molar-refractivity contribution >= 4 is 6.09 Å². The molecule has 198 valence electrons. The fourth-order valence-electron chi connectivity index (χ4n) is 2.55. The SMILES string of the molecule is CCCCCCCOCCOCCOCCOCCOCCOCCNC(=O)OC(C)(C)C. The molecule has 0 aromatic carbocycles. The molecule has 0 aliphatic carbocycles. The first kappa shape index (κ1) is 32.0. The van der Waals surface area contributed by atoms with Crippen LogP contribution in [0.2, 0.25) is 0 Å². The highest BCUT2D eigenvalue weighted by Gasteiger charge is 2.15. The van der Waals surface area contributed by atoms with Gasteiger partial charge in [-0.2, -0.15) is 0 Å². The number of alkyl carbamates (subject to hydrolysis) is 1. The molecule has 9 heteroatoms. The zero-order valence-corrected chi connectivity index (χ0v) is 21.5. The summed E-state index contributed by atoms with van der Waals surface area (Å²) in [5, 5.41) is 2.63. The normalized spacial score (nSPS) is 11.6. The molecule has 1 amide bonds. The van der Waals surface area contributed by atoms with Gasteiger partial charge in [-0.25, -0.2) is 4.79 Å². The lowest BCUT2D eigenvalue weighted by Gasteiger charge is -2.19. The number of amides is 1. The Bertz CT molecular complexity index is 418. The molecule has 0 heterocycles. The van der Waals surface area contributed by atoms with E-state index in [1.165, 1.54) is 25.7 Å². The van der Waals surface area contributed by atoms with Crippen LogP contribution in [-0.2, 0) is 33.2 Å². The highest BCUT2D eigenvalue weighted by atomic mass is 16.6. The summed E-state index contributed by atoms with van der Waals surface area (Å²) in [5.41, 5.74) is -0.496. The van der Waals surface area contributed by atoms with Crippen molar-refractivity contribution in [2.45, 2.75) is 65.4 Å². The second-order valence-electron chi connectivity index (χ2n) is 8.52. The van der Waals surface area contributed by atoms with Crippen LogP contribution in [0.5, 0.6) is 0 Å². The van der Waals surface area contributed by atoms with E-state index >= 15 is 0 Å². The van der Waals surface area contributed by atoms with E-state index in [0.717, 1.165) is 13.0 Å². The summed E-state index contributed by atoms with van der Waals surface area (Å²) < 4.78 is 37.8. The van der Waals surface area contributed by atoms with E-state index in [1.807, 2.05) is 20.8 Å². The van der Waals surface area contributed by atoms with Gasteiger partial charge in [0.25, 0.3) is 0 Å². The van der Waals surface area contributed by atoms with E-state index in [0.29, 0.717) is 79.2 Å². The molecule has 0 aromatic rings. The molecule has 0 unspecified atom stereocenters. The van der Waals surface area contributed by atoms with E-state index in [-0.39, 0.29) is 0 Å². The predicted octanol–water partition coefficient (Wildman–Crippen LogP) is 3.58. The van der Waals surface area contributed by atoms with Crippen LogP contribution < -0.4 is 5.32 Å². The number of hydrogen-bond donors (Lipinski definition) is 1.